The van der Waals surface area contributed by atoms with Gasteiger partial charge in [-0.1, -0.05) is 29.8 Å². The smallest absolute Gasteiger partial charge is 0.413 e. The first kappa shape index (κ1) is 22.9. The van der Waals surface area contributed by atoms with E-state index in [1.165, 1.54) is 31.4 Å². The Morgan fingerprint density at radius 2 is 1.71 bits per heavy atom. The van der Waals surface area contributed by atoms with Crippen molar-refractivity contribution in [3.05, 3.63) is 87.9 Å². The zero-order valence-electron chi connectivity index (χ0n) is 17.4. The minimum absolute atomic E-state index is 0.0231. The maximum atomic E-state index is 14.1. The standard InChI is InChI=1S/C23H15ClF2N4O4/c1-34-23(33)30-22-28-17-7-6-11(8-19(17)29-22)20(31)12-4-2-3-5-13(12)21(32)27-18-9-14(24)15(25)10-16(18)26/h2-10H,1H3,(H,27,32)(H2,28,29,30,33). The lowest BCUT2D eigenvalue weighted by molar-refractivity contribution is 0.0996. The third kappa shape index (κ3) is 4.57. The number of hydrogen-bond acceptors (Lipinski definition) is 5. The van der Waals surface area contributed by atoms with E-state index < -0.39 is 29.4 Å². The number of fused-ring (bicyclic) bond motifs is 1. The molecule has 0 unspecified atom stereocenters. The summed E-state index contributed by atoms with van der Waals surface area (Å²) >= 11 is 5.68. The number of anilines is 2. The van der Waals surface area contributed by atoms with Crippen molar-refractivity contribution in [1.82, 2.24) is 9.97 Å². The molecule has 0 atom stereocenters. The van der Waals surface area contributed by atoms with Gasteiger partial charge in [-0.15, -0.1) is 0 Å². The van der Waals surface area contributed by atoms with Crippen molar-refractivity contribution >= 4 is 52.1 Å². The summed E-state index contributed by atoms with van der Waals surface area (Å²) in [5, 5.41) is 4.34. The van der Waals surface area contributed by atoms with Crippen molar-refractivity contribution in [2.24, 2.45) is 0 Å². The maximum absolute atomic E-state index is 14.1. The molecule has 2 amide bonds. The van der Waals surface area contributed by atoms with Crippen LogP contribution in [0.2, 0.25) is 5.02 Å². The molecule has 34 heavy (non-hydrogen) atoms. The highest BCUT2D eigenvalue weighted by Gasteiger charge is 2.20. The largest absolute Gasteiger partial charge is 0.453 e. The second kappa shape index (κ2) is 9.28. The summed E-state index contributed by atoms with van der Waals surface area (Å²) in [5.41, 5.74) is 0.880. The Bertz CT molecular complexity index is 1450. The van der Waals surface area contributed by atoms with Crippen LogP contribution in [0.1, 0.15) is 26.3 Å². The molecule has 0 fully saturated rings. The van der Waals surface area contributed by atoms with Crippen molar-refractivity contribution in [1.29, 1.82) is 0 Å². The number of aromatic amines is 1. The second-order valence-electron chi connectivity index (χ2n) is 7.01. The Morgan fingerprint density at radius 3 is 2.44 bits per heavy atom. The number of amides is 2. The molecule has 4 aromatic rings. The number of imidazole rings is 1. The molecule has 3 N–H and O–H groups in total. The molecule has 172 valence electrons. The Labute approximate surface area is 195 Å². The zero-order valence-corrected chi connectivity index (χ0v) is 18.2. The summed E-state index contributed by atoms with van der Waals surface area (Å²) in [6, 6.07) is 12.1. The van der Waals surface area contributed by atoms with Gasteiger partial charge < -0.3 is 15.0 Å². The summed E-state index contributed by atoms with van der Waals surface area (Å²) in [6.45, 7) is 0. The van der Waals surface area contributed by atoms with Gasteiger partial charge in [-0.05, 0) is 30.3 Å². The summed E-state index contributed by atoms with van der Waals surface area (Å²) in [5.74, 6) is -3.11. The Kier molecular flexibility index (Phi) is 6.24. The average Bonchev–Trinajstić information content (AvgIpc) is 3.23. The number of aromatic nitrogens is 2. The first-order valence-electron chi connectivity index (χ1n) is 9.71. The van der Waals surface area contributed by atoms with Crippen molar-refractivity contribution < 1.29 is 27.9 Å². The highest BCUT2D eigenvalue weighted by Crippen LogP contribution is 2.25. The molecule has 8 nitrogen and oxygen atoms in total. The van der Waals surface area contributed by atoms with E-state index in [2.05, 4.69) is 25.3 Å². The molecule has 1 aromatic heterocycles. The molecular formula is C23H15ClF2N4O4. The summed E-state index contributed by atoms with van der Waals surface area (Å²) < 4.78 is 32.0. The van der Waals surface area contributed by atoms with Gasteiger partial charge in [0, 0.05) is 17.2 Å². The van der Waals surface area contributed by atoms with Gasteiger partial charge in [0.2, 0.25) is 5.95 Å². The van der Waals surface area contributed by atoms with E-state index >= 15 is 0 Å². The van der Waals surface area contributed by atoms with Crippen molar-refractivity contribution in [3.63, 3.8) is 0 Å². The van der Waals surface area contributed by atoms with Gasteiger partial charge in [-0.3, -0.25) is 14.9 Å². The zero-order chi connectivity index (χ0) is 24.4. The van der Waals surface area contributed by atoms with E-state index in [9.17, 15) is 23.2 Å². The first-order chi connectivity index (χ1) is 16.3. The Morgan fingerprint density at radius 1 is 0.971 bits per heavy atom. The van der Waals surface area contributed by atoms with Gasteiger partial charge in [-0.25, -0.2) is 18.6 Å². The topological polar surface area (TPSA) is 113 Å². The number of ether oxygens (including phenoxy) is 1. The van der Waals surface area contributed by atoms with Crippen molar-refractivity contribution in [2.45, 2.75) is 0 Å². The van der Waals surface area contributed by atoms with Gasteiger partial charge in [0.25, 0.3) is 5.91 Å². The van der Waals surface area contributed by atoms with Crippen LogP contribution in [-0.4, -0.2) is 34.9 Å². The quantitative estimate of drug-likeness (QED) is 0.267. The van der Waals surface area contributed by atoms with E-state index in [1.807, 2.05) is 0 Å². The summed E-state index contributed by atoms with van der Waals surface area (Å²) in [4.78, 5) is 44.4. The molecule has 0 saturated carbocycles. The molecular weight excluding hydrogens is 470 g/mol. The number of H-pyrrole nitrogens is 1. The van der Waals surface area contributed by atoms with Crippen molar-refractivity contribution in [3.8, 4) is 0 Å². The summed E-state index contributed by atoms with van der Waals surface area (Å²) in [6.07, 6.45) is -0.714. The number of rotatable bonds is 5. The van der Waals surface area contributed by atoms with Crippen LogP contribution in [-0.2, 0) is 4.74 Å². The average molecular weight is 485 g/mol. The highest BCUT2D eigenvalue weighted by atomic mass is 35.5. The monoisotopic (exact) mass is 484 g/mol. The lowest BCUT2D eigenvalue weighted by atomic mass is 9.97. The number of carbonyl (C=O) groups excluding carboxylic acids is 3. The molecule has 0 aliphatic rings. The van der Waals surface area contributed by atoms with Crippen LogP contribution >= 0.6 is 11.6 Å². The number of carbonyl (C=O) groups is 3. The highest BCUT2D eigenvalue weighted by molar-refractivity contribution is 6.31. The fourth-order valence-corrected chi connectivity index (χ4v) is 3.36. The molecule has 0 saturated heterocycles. The van der Waals surface area contributed by atoms with Gasteiger partial charge in [0.05, 0.1) is 34.4 Å². The van der Waals surface area contributed by atoms with Crippen LogP contribution in [0.4, 0.5) is 25.2 Å². The van der Waals surface area contributed by atoms with Crippen LogP contribution in [0.15, 0.2) is 54.6 Å². The fourth-order valence-electron chi connectivity index (χ4n) is 3.20. The Hall–Kier alpha value is -4.31. The molecule has 0 aliphatic carbocycles. The van der Waals surface area contributed by atoms with Gasteiger partial charge in [-0.2, -0.15) is 0 Å². The van der Waals surface area contributed by atoms with E-state index in [4.69, 9.17) is 11.6 Å². The van der Waals surface area contributed by atoms with Crippen LogP contribution in [0, 0.1) is 11.6 Å². The predicted octanol–water partition coefficient (Wildman–Crippen LogP) is 5.16. The number of halogens is 3. The number of ketones is 1. The minimum Gasteiger partial charge on any atom is -0.453 e. The lowest BCUT2D eigenvalue weighted by Crippen LogP contribution is -2.17. The summed E-state index contributed by atoms with van der Waals surface area (Å²) in [7, 11) is 1.21. The number of nitrogens with one attached hydrogen (secondary N) is 3. The van der Waals surface area contributed by atoms with Crippen LogP contribution in [0.25, 0.3) is 11.0 Å². The molecule has 4 rings (SSSR count). The Balaban J connectivity index is 1.63. The van der Waals surface area contributed by atoms with Crippen LogP contribution in [0.3, 0.4) is 0 Å². The molecule has 0 aliphatic heterocycles. The molecule has 0 bridgehead atoms. The minimum atomic E-state index is -1.01. The molecule has 0 spiro atoms. The van der Waals surface area contributed by atoms with E-state index in [0.717, 1.165) is 6.07 Å². The first-order valence-corrected chi connectivity index (χ1v) is 10.1. The van der Waals surface area contributed by atoms with Gasteiger partial charge >= 0.3 is 6.09 Å². The number of nitrogens with zero attached hydrogens (tertiary/aromatic N) is 1. The van der Waals surface area contributed by atoms with Crippen LogP contribution in [0.5, 0.6) is 0 Å². The third-order valence-corrected chi connectivity index (χ3v) is 5.11. The second-order valence-corrected chi connectivity index (χ2v) is 7.42. The molecule has 0 radical (unpaired) electrons. The van der Waals surface area contributed by atoms with Crippen LogP contribution < -0.4 is 10.6 Å². The molecule has 3 aromatic carbocycles. The normalized spacial score (nSPS) is 10.7. The van der Waals surface area contributed by atoms with Crippen molar-refractivity contribution in [2.75, 3.05) is 17.7 Å². The maximum Gasteiger partial charge on any atom is 0.413 e. The number of benzene rings is 3. The van der Waals surface area contributed by atoms with Gasteiger partial charge in [0.1, 0.15) is 11.6 Å². The van der Waals surface area contributed by atoms with E-state index in [0.29, 0.717) is 17.1 Å². The van der Waals surface area contributed by atoms with E-state index in [-0.39, 0.29) is 33.3 Å². The van der Waals surface area contributed by atoms with Gasteiger partial charge in [0.15, 0.2) is 5.78 Å². The fraction of sp³-hybridized carbons (Fsp3) is 0.0435. The predicted molar refractivity (Wildman–Crippen MR) is 121 cm³/mol. The lowest BCUT2D eigenvalue weighted by Gasteiger charge is -2.11. The molecule has 1 heterocycles. The SMILES string of the molecule is COC(=O)Nc1nc2ccc(C(=O)c3ccccc3C(=O)Nc3cc(Cl)c(F)cc3F)cc2[nH]1. The van der Waals surface area contributed by atoms with E-state index in [1.54, 1.807) is 18.2 Å². The number of methoxy groups -OCH3 is 1. The third-order valence-electron chi connectivity index (χ3n) is 4.82. The number of hydrogen-bond donors (Lipinski definition) is 3. The molecule has 11 heteroatoms.